The van der Waals surface area contributed by atoms with E-state index in [2.05, 4.69) is 9.71 Å². The van der Waals surface area contributed by atoms with Gasteiger partial charge in [-0.15, -0.1) is 11.3 Å². The number of phenolic OH excluding ortho intramolecular Hbond substituents is 1. The Labute approximate surface area is 144 Å². The second-order valence-corrected chi connectivity index (χ2v) is 8.38. The lowest BCUT2D eigenvalue weighted by Gasteiger charge is -2.05. The Balaban J connectivity index is 1.93. The fraction of sp³-hybridized carbons (Fsp3) is 0.118. The zero-order valence-electron chi connectivity index (χ0n) is 13.1. The number of hydrogen-bond acceptors (Lipinski definition) is 5. The molecule has 0 amide bonds. The van der Waals surface area contributed by atoms with Crippen LogP contribution in [0.25, 0.3) is 21.8 Å². The van der Waals surface area contributed by atoms with Gasteiger partial charge in [-0.25, -0.2) is 13.4 Å². The second-order valence-electron chi connectivity index (χ2n) is 5.43. The predicted molar refractivity (Wildman–Crippen MR) is 97.9 cm³/mol. The first kappa shape index (κ1) is 16.5. The molecule has 2 aromatic carbocycles. The highest BCUT2D eigenvalue weighted by molar-refractivity contribution is 7.92. The van der Waals surface area contributed by atoms with Gasteiger partial charge in [0.05, 0.1) is 11.9 Å². The SMILES string of the molecule is Cc1sc(-c2cccc(O)c2)nc1-c1ccc(NS(C)(=O)=O)cc1. The first-order chi connectivity index (χ1) is 11.3. The molecule has 0 spiro atoms. The van der Waals surface area contributed by atoms with Crippen LogP contribution in [0.3, 0.4) is 0 Å². The molecule has 0 aliphatic carbocycles. The van der Waals surface area contributed by atoms with E-state index in [-0.39, 0.29) is 5.75 Å². The lowest BCUT2D eigenvalue weighted by molar-refractivity contribution is 0.475. The first-order valence-electron chi connectivity index (χ1n) is 7.17. The Morgan fingerprint density at radius 1 is 1.08 bits per heavy atom. The van der Waals surface area contributed by atoms with Crippen molar-refractivity contribution in [3.05, 3.63) is 53.4 Å². The Bertz CT molecular complexity index is 977. The van der Waals surface area contributed by atoms with E-state index in [0.717, 1.165) is 33.0 Å². The van der Waals surface area contributed by atoms with E-state index in [9.17, 15) is 13.5 Å². The summed E-state index contributed by atoms with van der Waals surface area (Å²) in [5, 5.41) is 10.4. The number of aromatic hydroxyl groups is 1. The van der Waals surface area contributed by atoms with Gasteiger partial charge in [-0.3, -0.25) is 4.72 Å². The van der Waals surface area contributed by atoms with E-state index in [1.165, 1.54) is 0 Å². The molecule has 0 bridgehead atoms. The van der Waals surface area contributed by atoms with Gasteiger partial charge in [-0.05, 0) is 31.2 Å². The van der Waals surface area contributed by atoms with Crippen LogP contribution < -0.4 is 4.72 Å². The maximum Gasteiger partial charge on any atom is 0.229 e. The zero-order chi connectivity index (χ0) is 17.3. The second kappa shape index (κ2) is 6.26. The number of aromatic nitrogens is 1. The quantitative estimate of drug-likeness (QED) is 0.740. The highest BCUT2D eigenvalue weighted by Crippen LogP contribution is 2.34. The lowest BCUT2D eigenvalue weighted by Crippen LogP contribution is -2.09. The van der Waals surface area contributed by atoms with Crippen molar-refractivity contribution in [3.8, 4) is 27.6 Å². The minimum absolute atomic E-state index is 0.207. The molecule has 7 heteroatoms. The van der Waals surface area contributed by atoms with Crippen molar-refractivity contribution in [2.75, 3.05) is 11.0 Å². The summed E-state index contributed by atoms with van der Waals surface area (Å²) >= 11 is 1.55. The van der Waals surface area contributed by atoms with Crippen molar-refractivity contribution < 1.29 is 13.5 Å². The first-order valence-corrected chi connectivity index (χ1v) is 9.88. The van der Waals surface area contributed by atoms with Gasteiger partial charge in [0.25, 0.3) is 0 Å². The average molecular weight is 360 g/mol. The Morgan fingerprint density at radius 2 is 1.79 bits per heavy atom. The molecule has 0 aliphatic heterocycles. The van der Waals surface area contributed by atoms with Crippen molar-refractivity contribution in [3.63, 3.8) is 0 Å². The van der Waals surface area contributed by atoms with Crippen molar-refractivity contribution in [2.45, 2.75) is 6.92 Å². The molecule has 0 fully saturated rings. The van der Waals surface area contributed by atoms with Gasteiger partial charge in [0, 0.05) is 21.7 Å². The number of benzene rings is 2. The summed E-state index contributed by atoms with van der Waals surface area (Å²) in [6.45, 7) is 1.99. The maximum atomic E-state index is 11.3. The molecule has 5 nitrogen and oxygen atoms in total. The number of hydrogen-bond donors (Lipinski definition) is 2. The summed E-state index contributed by atoms with van der Waals surface area (Å²) in [5.41, 5.74) is 3.14. The van der Waals surface area contributed by atoms with Crippen LogP contribution in [0.15, 0.2) is 48.5 Å². The average Bonchev–Trinajstić information content (AvgIpc) is 2.88. The monoisotopic (exact) mass is 360 g/mol. The minimum atomic E-state index is -3.29. The summed E-state index contributed by atoms with van der Waals surface area (Å²) in [5.74, 6) is 0.207. The molecule has 0 radical (unpaired) electrons. The molecule has 2 N–H and O–H groups in total. The molecule has 24 heavy (non-hydrogen) atoms. The van der Waals surface area contributed by atoms with Crippen LogP contribution in [-0.4, -0.2) is 24.8 Å². The molecule has 1 aromatic heterocycles. The minimum Gasteiger partial charge on any atom is -0.508 e. The number of sulfonamides is 1. The molecule has 0 saturated carbocycles. The standard InChI is InChI=1S/C17H16N2O3S2/c1-11-16(12-6-8-14(9-7-12)19-24(2,21)22)18-17(23-11)13-4-3-5-15(20)10-13/h3-10,19-20H,1-2H3. The van der Waals surface area contributed by atoms with Crippen LogP contribution in [0.5, 0.6) is 5.75 Å². The third kappa shape index (κ3) is 3.74. The summed E-state index contributed by atoms with van der Waals surface area (Å²) in [4.78, 5) is 5.72. The summed E-state index contributed by atoms with van der Waals surface area (Å²) < 4.78 is 24.9. The summed E-state index contributed by atoms with van der Waals surface area (Å²) in [6, 6.07) is 14.1. The largest absolute Gasteiger partial charge is 0.508 e. The maximum absolute atomic E-state index is 11.3. The van der Waals surface area contributed by atoms with Gasteiger partial charge in [-0.2, -0.15) is 0 Å². The Morgan fingerprint density at radius 3 is 2.42 bits per heavy atom. The number of rotatable bonds is 4. The number of aryl methyl sites for hydroxylation is 1. The van der Waals surface area contributed by atoms with Crippen LogP contribution in [0.2, 0.25) is 0 Å². The lowest BCUT2D eigenvalue weighted by atomic mass is 10.1. The number of anilines is 1. The van der Waals surface area contributed by atoms with E-state index in [1.54, 1.807) is 41.7 Å². The van der Waals surface area contributed by atoms with Crippen LogP contribution in [0.1, 0.15) is 4.88 Å². The topological polar surface area (TPSA) is 79.3 Å². The number of nitrogens with one attached hydrogen (secondary N) is 1. The third-order valence-corrected chi connectivity index (χ3v) is 4.98. The molecule has 124 valence electrons. The van der Waals surface area contributed by atoms with Crippen molar-refractivity contribution in [2.24, 2.45) is 0 Å². The van der Waals surface area contributed by atoms with Crippen molar-refractivity contribution >= 4 is 27.0 Å². The Hall–Kier alpha value is -2.38. The van der Waals surface area contributed by atoms with Crippen LogP contribution in [0, 0.1) is 6.92 Å². The van der Waals surface area contributed by atoms with Gasteiger partial charge in [0.15, 0.2) is 0 Å². The number of thiazole rings is 1. The normalized spacial score (nSPS) is 11.4. The summed E-state index contributed by atoms with van der Waals surface area (Å²) in [6.07, 6.45) is 1.12. The molecule has 1 heterocycles. The molecule has 0 aliphatic rings. The molecule has 0 unspecified atom stereocenters. The van der Waals surface area contributed by atoms with Gasteiger partial charge >= 0.3 is 0 Å². The van der Waals surface area contributed by atoms with E-state index < -0.39 is 10.0 Å². The highest BCUT2D eigenvalue weighted by Gasteiger charge is 2.12. The number of nitrogens with zero attached hydrogens (tertiary/aromatic N) is 1. The highest BCUT2D eigenvalue weighted by atomic mass is 32.2. The third-order valence-electron chi connectivity index (χ3n) is 3.35. The van der Waals surface area contributed by atoms with Crippen LogP contribution in [0.4, 0.5) is 5.69 Å². The van der Waals surface area contributed by atoms with Gasteiger partial charge < -0.3 is 5.11 Å². The molecule has 3 aromatic rings. The fourth-order valence-electron chi connectivity index (χ4n) is 2.34. The predicted octanol–water partition coefficient (Wildman–Crippen LogP) is 3.86. The van der Waals surface area contributed by atoms with Gasteiger partial charge in [-0.1, -0.05) is 24.3 Å². The smallest absolute Gasteiger partial charge is 0.229 e. The molecule has 3 rings (SSSR count). The fourth-order valence-corrected chi connectivity index (χ4v) is 3.83. The molecule has 0 saturated heterocycles. The molecule has 0 atom stereocenters. The van der Waals surface area contributed by atoms with Crippen molar-refractivity contribution in [1.82, 2.24) is 4.98 Å². The van der Waals surface area contributed by atoms with Crippen molar-refractivity contribution in [1.29, 1.82) is 0 Å². The number of phenols is 1. The Kier molecular flexibility index (Phi) is 4.29. The molecular formula is C17H16N2O3S2. The molecular weight excluding hydrogens is 344 g/mol. The van der Waals surface area contributed by atoms with Crippen LogP contribution >= 0.6 is 11.3 Å². The van der Waals surface area contributed by atoms with E-state index in [1.807, 2.05) is 25.1 Å². The van der Waals surface area contributed by atoms with E-state index >= 15 is 0 Å². The zero-order valence-corrected chi connectivity index (χ0v) is 14.8. The van der Waals surface area contributed by atoms with E-state index in [0.29, 0.717) is 5.69 Å². The van der Waals surface area contributed by atoms with E-state index in [4.69, 9.17) is 0 Å². The van der Waals surface area contributed by atoms with Crippen LogP contribution in [-0.2, 0) is 10.0 Å². The van der Waals surface area contributed by atoms with Gasteiger partial charge in [0.2, 0.25) is 10.0 Å². The van der Waals surface area contributed by atoms with Gasteiger partial charge in [0.1, 0.15) is 10.8 Å². The summed E-state index contributed by atoms with van der Waals surface area (Å²) in [7, 11) is -3.29.